The first kappa shape index (κ1) is 18.3. The van der Waals surface area contributed by atoms with Gasteiger partial charge in [0.05, 0.1) is 27.3 Å². The van der Waals surface area contributed by atoms with Crippen molar-refractivity contribution in [1.29, 1.82) is 0 Å². The molecule has 0 aliphatic carbocycles. The average molecular weight is 388 g/mol. The van der Waals surface area contributed by atoms with E-state index >= 15 is 0 Å². The molecule has 8 heteroatoms. The third kappa shape index (κ3) is 3.68. The lowest BCUT2D eigenvalue weighted by atomic mass is 9.98. The minimum Gasteiger partial charge on any atom is -0.258 e. The molecule has 1 aliphatic heterocycles. The number of nitrogens with zero attached hydrogens (tertiary/aromatic N) is 4. The molecule has 0 N–H and O–H groups in total. The van der Waals surface area contributed by atoms with Gasteiger partial charge < -0.3 is 0 Å². The van der Waals surface area contributed by atoms with Gasteiger partial charge in [-0.15, -0.1) is 0 Å². The van der Waals surface area contributed by atoms with Crippen LogP contribution in [-0.2, 0) is 0 Å². The van der Waals surface area contributed by atoms with Crippen LogP contribution >= 0.6 is 0 Å². The SMILES string of the molecule is O=[N+]([O-])c1ccc([C@H]2CC(c3ccccc3)=NN2c2ccc([N+](=O)[O-])cc2)cc1. The zero-order valence-electron chi connectivity index (χ0n) is 15.2. The molecule has 0 bridgehead atoms. The Kier molecular flexibility index (Phi) is 4.74. The van der Waals surface area contributed by atoms with Gasteiger partial charge in [0.2, 0.25) is 0 Å². The van der Waals surface area contributed by atoms with E-state index in [2.05, 4.69) is 0 Å². The lowest BCUT2D eigenvalue weighted by Gasteiger charge is -2.23. The van der Waals surface area contributed by atoms with Crippen LogP contribution in [0.2, 0.25) is 0 Å². The van der Waals surface area contributed by atoms with Gasteiger partial charge in [-0.2, -0.15) is 5.10 Å². The second-order valence-electron chi connectivity index (χ2n) is 6.60. The second kappa shape index (κ2) is 7.51. The van der Waals surface area contributed by atoms with E-state index < -0.39 is 9.85 Å². The number of nitro groups is 2. The Balaban J connectivity index is 1.72. The van der Waals surface area contributed by atoms with Crippen molar-refractivity contribution in [3.63, 3.8) is 0 Å². The zero-order chi connectivity index (χ0) is 20.4. The van der Waals surface area contributed by atoms with Crippen molar-refractivity contribution in [3.05, 3.63) is 110 Å². The number of hydrazone groups is 1. The van der Waals surface area contributed by atoms with Gasteiger partial charge in [0.15, 0.2) is 0 Å². The molecule has 144 valence electrons. The van der Waals surface area contributed by atoms with Crippen molar-refractivity contribution in [2.24, 2.45) is 5.10 Å². The van der Waals surface area contributed by atoms with Gasteiger partial charge >= 0.3 is 0 Å². The molecule has 1 atom stereocenters. The molecule has 0 amide bonds. The van der Waals surface area contributed by atoms with Crippen molar-refractivity contribution in [1.82, 2.24) is 0 Å². The highest BCUT2D eigenvalue weighted by Crippen LogP contribution is 2.37. The van der Waals surface area contributed by atoms with Crippen LogP contribution in [0.25, 0.3) is 0 Å². The fourth-order valence-corrected chi connectivity index (χ4v) is 3.36. The number of rotatable bonds is 5. The lowest BCUT2D eigenvalue weighted by molar-refractivity contribution is -0.385. The second-order valence-corrected chi connectivity index (χ2v) is 6.60. The summed E-state index contributed by atoms with van der Waals surface area (Å²) in [4.78, 5) is 21.0. The topological polar surface area (TPSA) is 102 Å². The molecule has 8 nitrogen and oxygen atoms in total. The summed E-state index contributed by atoms with van der Waals surface area (Å²) in [5, 5.41) is 28.5. The first-order valence-corrected chi connectivity index (χ1v) is 8.94. The molecule has 29 heavy (non-hydrogen) atoms. The Bertz CT molecular complexity index is 1080. The van der Waals surface area contributed by atoms with E-state index in [0.29, 0.717) is 12.1 Å². The number of nitro benzene ring substituents is 2. The van der Waals surface area contributed by atoms with Crippen LogP contribution in [0, 0.1) is 20.2 Å². The summed E-state index contributed by atoms with van der Waals surface area (Å²) in [5.74, 6) is 0. The molecule has 0 saturated heterocycles. The fourth-order valence-electron chi connectivity index (χ4n) is 3.36. The number of hydrogen-bond acceptors (Lipinski definition) is 6. The van der Waals surface area contributed by atoms with Gasteiger partial charge in [0, 0.05) is 30.7 Å². The minimum absolute atomic E-state index is 0.00657. The molecule has 0 fully saturated rings. The Morgan fingerprint density at radius 3 is 1.90 bits per heavy atom. The summed E-state index contributed by atoms with van der Waals surface area (Å²) < 4.78 is 0. The van der Waals surface area contributed by atoms with E-state index in [-0.39, 0.29) is 17.4 Å². The third-order valence-corrected chi connectivity index (χ3v) is 4.83. The third-order valence-electron chi connectivity index (χ3n) is 4.83. The Morgan fingerprint density at radius 2 is 1.34 bits per heavy atom. The van der Waals surface area contributed by atoms with Crippen molar-refractivity contribution < 1.29 is 9.85 Å². The Labute approximate surface area is 166 Å². The molecular weight excluding hydrogens is 372 g/mol. The Hall–Kier alpha value is -4.07. The van der Waals surface area contributed by atoms with Gasteiger partial charge in [0.1, 0.15) is 0 Å². The molecule has 0 spiro atoms. The normalized spacial score (nSPS) is 15.8. The van der Waals surface area contributed by atoms with Crippen LogP contribution in [0.5, 0.6) is 0 Å². The fraction of sp³-hybridized carbons (Fsp3) is 0.0952. The van der Waals surface area contributed by atoms with Crippen LogP contribution < -0.4 is 5.01 Å². The molecule has 3 aromatic carbocycles. The van der Waals surface area contributed by atoms with Crippen molar-refractivity contribution in [2.75, 3.05) is 5.01 Å². The average Bonchev–Trinajstić information content (AvgIpc) is 3.20. The van der Waals surface area contributed by atoms with E-state index in [0.717, 1.165) is 16.8 Å². The van der Waals surface area contributed by atoms with Crippen LogP contribution in [-0.4, -0.2) is 15.6 Å². The van der Waals surface area contributed by atoms with Crippen molar-refractivity contribution in [2.45, 2.75) is 12.5 Å². The standard InChI is InChI=1S/C21H16N4O4/c26-24(27)18-8-6-16(7-9-18)21-14-20(15-4-2-1-3-5-15)22-23(21)17-10-12-19(13-11-17)25(28)29/h1-13,21H,14H2/t21-/m1/s1. The summed E-state index contributed by atoms with van der Waals surface area (Å²) in [6, 6.07) is 22.2. The first-order chi connectivity index (χ1) is 14.0. The number of anilines is 1. The smallest absolute Gasteiger partial charge is 0.258 e. The molecular formula is C21H16N4O4. The lowest BCUT2D eigenvalue weighted by Crippen LogP contribution is -2.18. The van der Waals surface area contributed by atoms with Gasteiger partial charge in [-0.05, 0) is 23.3 Å². The van der Waals surface area contributed by atoms with Gasteiger partial charge in [0.25, 0.3) is 11.4 Å². The largest absolute Gasteiger partial charge is 0.269 e. The maximum absolute atomic E-state index is 11.0. The number of hydrogen-bond donors (Lipinski definition) is 0. The molecule has 4 rings (SSSR count). The monoisotopic (exact) mass is 388 g/mol. The number of benzene rings is 3. The first-order valence-electron chi connectivity index (χ1n) is 8.94. The van der Waals surface area contributed by atoms with E-state index in [4.69, 9.17) is 5.10 Å². The predicted octanol–water partition coefficient (Wildman–Crippen LogP) is 4.86. The molecule has 0 radical (unpaired) electrons. The van der Waals surface area contributed by atoms with Crippen LogP contribution in [0.15, 0.2) is 84.0 Å². The van der Waals surface area contributed by atoms with Gasteiger partial charge in [-0.25, -0.2) is 0 Å². The van der Waals surface area contributed by atoms with Gasteiger partial charge in [-0.3, -0.25) is 25.2 Å². The summed E-state index contributed by atoms with van der Waals surface area (Å²) >= 11 is 0. The zero-order valence-corrected chi connectivity index (χ0v) is 15.2. The highest BCUT2D eigenvalue weighted by molar-refractivity contribution is 6.03. The summed E-state index contributed by atoms with van der Waals surface area (Å²) in [6.45, 7) is 0. The van der Waals surface area contributed by atoms with Crippen LogP contribution in [0.3, 0.4) is 0 Å². The quantitative estimate of drug-likeness (QED) is 0.459. The molecule has 0 aromatic heterocycles. The highest BCUT2D eigenvalue weighted by atomic mass is 16.6. The van der Waals surface area contributed by atoms with Crippen LogP contribution in [0.1, 0.15) is 23.6 Å². The minimum atomic E-state index is -0.444. The molecule has 3 aromatic rings. The van der Waals surface area contributed by atoms with E-state index in [1.54, 1.807) is 24.3 Å². The van der Waals surface area contributed by atoms with Crippen molar-refractivity contribution in [3.8, 4) is 0 Å². The highest BCUT2D eigenvalue weighted by Gasteiger charge is 2.30. The van der Waals surface area contributed by atoms with Gasteiger partial charge in [-0.1, -0.05) is 42.5 Å². The molecule has 1 heterocycles. The van der Waals surface area contributed by atoms with Crippen LogP contribution in [0.4, 0.5) is 17.1 Å². The van der Waals surface area contributed by atoms with E-state index in [1.165, 1.54) is 24.3 Å². The maximum Gasteiger partial charge on any atom is 0.269 e. The molecule has 1 aliphatic rings. The van der Waals surface area contributed by atoms with E-state index in [1.807, 2.05) is 35.3 Å². The van der Waals surface area contributed by atoms with Crippen molar-refractivity contribution >= 4 is 22.8 Å². The Morgan fingerprint density at radius 1 is 0.793 bits per heavy atom. The van der Waals surface area contributed by atoms with E-state index in [9.17, 15) is 20.2 Å². The summed E-state index contributed by atoms with van der Waals surface area (Å²) in [6.07, 6.45) is 0.610. The summed E-state index contributed by atoms with van der Waals surface area (Å²) in [7, 11) is 0. The molecule has 0 saturated carbocycles. The predicted molar refractivity (Wildman–Crippen MR) is 109 cm³/mol. The summed E-state index contributed by atoms with van der Waals surface area (Å²) in [5.41, 5.74) is 3.49. The molecule has 0 unspecified atom stereocenters. The maximum atomic E-state index is 11.0. The number of non-ortho nitro benzene ring substituents is 2.